The number of benzene rings is 1. The molecule has 2 unspecified atom stereocenters. The van der Waals surface area contributed by atoms with Gasteiger partial charge in [-0.25, -0.2) is 0 Å². The van der Waals surface area contributed by atoms with E-state index >= 15 is 0 Å². The number of halogens is 2. The van der Waals surface area contributed by atoms with Crippen molar-refractivity contribution in [1.29, 1.82) is 0 Å². The van der Waals surface area contributed by atoms with Crippen molar-refractivity contribution in [2.24, 2.45) is 5.92 Å². The average molecular weight is 257 g/mol. The van der Waals surface area contributed by atoms with Crippen LogP contribution in [0, 0.1) is 5.92 Å². The average Bonchev–Trinajstić information content (AvgIpc) is 2.84. The molecular formula is C13H17F2NO2. The highest BCUT2D eigenvalue weighted by molar-refractivity contribution is 5.56. The molecule has 2 rings (SSSR count). The molecule has 1 aliphatic rings. The summed E-state index contributed by atoms with van der Waals surface area (Å²) in [5, 5.41) is 3.22. The minimum atomic E-state index is -2.81. The summed E-state index contributed by atoms with van der Waals surface area (Å²) >= 11 is 0. The van der Waals surface area contributed by atoms with Gasteiger partial charge in [0.2, 0.25) is 0 Å². The number of anilines is 1. The molecule has 2 atom stereocenters. The van der Waals surface area contributed by atoms with Crippen LogP contribution in [0.2, 0.25) is 0 Å². The van der Waals surface area contributed by atoms with Crippen molar-refractivity contribution in [2.75, 3.05) is 18.5 Å². The second-order valence-electron chi connectivity index (χ2n) is 4.43. The Bertz CT molecular complexity index is 381. The molecular weight excluding hydrogens is 240 g/mol. The van der Waals surface area contributed by atoms with E-state index in [1.807, 2.05) is 6.92 Å². The lowest BCUT2D eigenvalue weighted by Crippen LogP contribution is -2.26. The van der Waals surface area contributed by atoms with Gasteiger partial charge >= 0.3 is 6.61 Å². The summed E-state index contributed by atoms with van der Waals surface area (Å²) in [6.45, 7) is 0.703. The molecule has 5 heteroatoms. The second-order valence-corrected chi connectivity index (χ2v) is 4.43. The summed E-state index contributed by atoms with van der Waals surface area (Å²) in [5.41, 5.74) is 0.595. The fourth-order valence-electron chi connectivity index (χ4n) is 2.09. The first-order valence-electron chi connectivity index (χ1n) is 6.05. The van der Waals surface area contributed by atoms with Gasteiger partial charge in [-0.3, -0.25) is 0 Å². The van der Waals surface area contributed by atoms with Crippen molar-refractivity contribution in [3.05, 3.63) is 24.3 Å². The van der Waals surface area contributed by atoms with Gasteiger partial charge in [0.05, 0.1) is 12.3 Å². The lowest BCUT2D eigenvalue weighted by molar-refractivity contribution is -0.0494. The molecule has 0 aromatic heterocycles. The molecule has 0 spiro atoms. The quantitative estimate of drug-likeness (QED) is 0.879. The second kappa shape index (κ2) is 6.00. The van der Waals surface area contributed by atoms with Gasteiger partial charge in [0, 0.05) is 18.6 Å². The highest BCUT2D eigenvalue weighted by Crippen LogP contribution is 2.28. The third kappa shape index (κ3) is 3.32. The molecule has 0 amide bonds. The summed E-state index contributed by atoms with van der Waals surface area (Å²) in [4.78, 5) is 0. The molecule has 18 heavy (non-hydrogen) atoms. The highest BCUT2D eigenvalue weighted by Gasteiger charge is 2.23. The highest BCUT2D eigenvalue weighted by atomic mass is 19.3. The largest absolute Gasteiger partial charge is 0.433 e. The minimum absolute atomic E-state index is 0.162. The topological polar surface area (TPSA) is 30.5 Å². The van der Waals surface area contributed by atoms with Crippen molar-refractivity contribution in [2.45, 2.75) is 26.0 Å². The van der Waals surface area contributed by atoms with Gasteiger partial charge < -0.3 is 14.8 Å². The molecule has 100 valence electrons. The molecule has 0 bridgehead atoms. The zero-order valence-corrected chi connectivity index (χ0v) is 10.2. The normalized spacial score (nSPS) is 21.0. The van der Waals surface area contributed by atoms with Crippen molar-refractivity contribution in [1.82, 2.24) is 0 Å². The summed E-state index contributed by atoms with van der Waals surface area (Å²) < 4.78 is 34.3. The Hall–Kier alpha value is -1.36. The number of rotatable bonds is 5. The van der Waals surface area contributed by atoms with Crippen LogP contribution in [0.1, 0.15) is 13.3 Å². The maximum absolute atomic E-state index is 12.3. The predicted octanol–water partition coefficient (Wildman–Crippen LogP) is 3.12. The van der Waals surface area contributed by atoms with E-state index in [9.17, 15) is 8.78 Å². The molecule has 0 radical (unpaired) electrons. The lowest BCUT2D eigenvalue weighted by atomic mass is 10.0. The van der Waals surface area contributed by atoms with Gasteiger partial charge in [-0.15, -0.1) is 0 Å². The summed E-state index contributed by atoms with van der Waals surface area (Å²) in [7, 11) is 0. The molecule has 1 N–H and O–H groups in total. The molecule has 1 aromatic rings. The van der Waals surface area contributed by atoms with Gasteiger partial charge in [0.25, 0.3) is 0 Å². The van der Waals surface area contributed by atoms with Gasteiger partial charge in [0.15, 0.2) is 0 Å². The molecule has 1 saturated heterocycles. The Labute approximate surface area is 105 Å². The fourth-order valence-corrected chi connectivity index (χ4v) is 2.09. The minimum Gasteiger partial charge on any atom is -0.433 e. The number of alkyl halides is 2. The Balaban J connectivity index is 2.03. The molecule has 1 fully saturated rings. The van der Waals surface area contributed by atoms with Gasteiger partial charge in [0.1, 0.15) is 5.75 Å². The lowest BCUT2D eigenvalue weighted by Gasteiger charge is -2.22. The third-order valence-corrected chi connectivity index (χ3v) is 3.16. The van der Waals surface area contributed by atoms with Gasteiger partial charge in [-0.1, -0.05) is 12.1 Å². The Morgan fingerprint density at radius 3 is 2.83 bits per heavy atom. The molecule has 0 aliphatic carbocycles. The van der Waals surface area contributed by atoms with Crippen LogP contribution in [-0.4, -0.2) is 25.9 Å². The first kappa shape index (κ1) is 13.1. The van der Waals surface area contributed by atoms with E-state index in [0.717, 1.165) is 13.0 Å². The zero-order chi connectivity index (χ0) is 13.0. The van der Waals surface area contributed by atoms with Crippen molar-refractivity contribution in [3.63, 3.8) is 0 Å². The summed E-state index contributed by atoms with van der Waals surface area (Å²) in [6, 6.07) is 6.90. The number of nitrogens with one attached hydrogen (secondary N) is 1. The van der Waals surface area contributed by atoms with E-state index in [1.54, 1.807) is 18.2 Å². The van der Waals surface area contributed by atoms with Crippen LogP contribution < -0.4 is 10.1 Å². The van der Waals surface area contributed by atoms with Crippen LogP contribution in [0.3, 0.4) is 0 Å². The maximum Gasteiger partial charge on any atom is 0.387 e. The fraction of sp³-hybridized carbons (Fsp3) is 0.538. The van der Waals surface area contributed by atoms with E-state index < -0.39 is 6.61 Å². The van der Waals surface area contributed by atoms with Crippen LogP contribution in [0.5, 0.6) is 5.75 Å². The first-order chi connectivity index (χ1) is 8.66. The monoisotopic (exact) mass is 257 g/mol. The summed E-state index contributed by atoms with van der Waals surface area (Å²) in [6.07, 6.45) is 0.992. The van der Waals surface area contributed by atoms with E-state index in [4.69, 9.17) is 4.74 Å². The van der Waals surface area contributed by atoms with Crippen molar-refractivity contribution < 1.29 is 18.3 Å². The number of hydrogen-bond donors (Lipinski definition) is 1. The maximum atomic E-state index is 12.3. The van der Waals surface area contributed by atoms with Crippen LogP contribution in [0.15, 0.2) is 24.3 Å². The standard InChI is InChI=1S/C13H17F2NO2/c1-9(10-6-7-17-8-10)16-11-4-2-3-5-12(11)18-13(14)15/h2-5,9-10,13,16H,6-8H2,1H3. The van der Waals surface area contributed by atoms with Crippen LogP contribution in [0.25, 0.3) is 0 Å². The molecule has 1 aliphatic heterocycles. The third-order valence-electron chi connectivity index (χ3n) is 3.16. The van der Waals surface area contributed by atoms with Gasteiger partial charge in [-0.2, -0.15) is 8.78 Å². The molecule has 0 saturated carbocycles. The van der Waals surface area contributed by atoms with Gasteiger partial charge in [-0.05, 0) is 25.5 Å². The number of ether oxygens (including phenoxy) is 2. The molecule has 1 heterocycles. The van der Waals surface area contributed by atoms with E-state index in [1.165, 1.54) is 6.07 Å². The number of hydrogen-bond acceptors (Lipinski definition) is 3. The van der Waals surface area contributed by atoms with Crippen molar-refractivity contribution in [3.8, 4) is 5.75 Å². The Kier molecular flexibility index (Phi) is 4.36. The van der Waals surface area contributed by atoms with E-state index in [0.29, 0.717) is 18.2 Å². The van der Waals surface area contributed by atoms with Crippen molar-refractivity contribution >= 4 is 5.69 Å². The summed E-state index contributed by atoms with van der Waals surface area (Å²) in [5.74, 6) is 0.586. The number of para-hydroxylation sites is 2. The Morgan fingerprint density at radius 2 is 2.17 bits per heavy atom. The zero-order valence-electron chi connectivity index (χ0n) is 10.2. The van der Waals surface area contributed by atoms with E-state index in [-0.39, 0.29) is 11.8 Å². The SMILES string of the molecule is CC(Nc1ccccc1OC(F)F)C1CCOC1. The molecule has 1 aromatic carbocycles. The van der Waals surface area contributed by atoms with Crippen LogP contribution >= 0.6 is 0 Å². The predicted molar refractivity (Wildman–Crippen MR) is 65.1 cm³/mol. The first-order valence-corrected chi connectivity index (χ1v) is 6.05. The van der Waals surface area contributed by atoms with E-state index in [2.05, 4.69) is 10.1 Å². The van der Waals surface area contributed by atoms with Crippen LogP contribution in [0.4, 0.5) is 14.5 Å². The smallest absolute Gasteiger partial charge is 0.387 e. The Morgan fingerprint density at radius 1 is 1.39 bits per heavy atom. The molecule has 3 nitrogen and oxygen atoms in total. The van der Waals surface area contributed by atoms with Crippen LogP contribution in [-0.2, 0) is 4.74 Å².